The normalized spacial score (nSPS) is 17.6. The molecule has 1 unspecified atom stereocenters. The largest absolute Gasteiger partial charge is 0.497 e. The second-order valence-corrected chi connectivity index (χ2v) is 5.91. The smallest absolute Gasteiger partial charge is 0.228 e. The van der Waals surface area contributed by atoms with Crippen LogP contribution in [0.15, 0.2) is 22.7 Å². The lowest BCUT2D eigenvalue weighted by molar-refractivity contribution is -0.129. The average Bonchev–Trinajstić information content (AvgIpc) is 3.22. The molecule has 124 valence electrons. The summed E-state index contributed by atoms with van der Waals surface area (Å²) in [6.45, 7) is 1.54. The predicted octanol–water partition coefficient (Wildman–Crippen LogP) is 2.41. The minimum absolute atomic E-state index is 0.0287. The molecular weight excluding hydrogens is 296 g/mol. The van der Waals surface area contributed by atoms with Crippen molar-refractivity contribution in [2.75, 3.05) is 27.3 Å². The lowest BCUT2D eigenvalue weighted by Crippen LogP contribution is -2.31. The maximum absolute atomic E-state index is 12.4. The summed E-state index contributed by atoms with van der Waals surface area (Å²) in [5, 5.41) is 4.85. The molecule has 3 rings (SSSR count). The van der Waals surface area contributed by atoms with E-state index >= 15 is 0 Å². The molecule has 0 radical (unpaired) electrons. The van der Waals surface area contributed by atoms with Gasteiger partial charge in [-0.3, -0.25) is 4.79 Å². The molecule has 1 fully saturated rings. The highest BCUT2D eigenvalue weighted by atomic mass is 16.5. The van der Waals surface area contributed by atoms with Gasteiger partial charge in [-0.25, -0.2) is 0 Å². The molecule has 1 amide bonds. The van der Waals surface area contributed by atoms with E-state index in [-0.39, 0.29) is 12.3 Å². The molecule has 0 bridgehead atoms. The number of fused-ring (bicyclic) bond motifs is 1. The van der Waals surface area contributed by atoms with Gasteiger partial charge in [0.15, 0.2) is 5.58 Å². The molecule has 0 saturated carbocycles. The van der Waals surface area contributed by atoms with Crippen LogP contribution < -0.4 is 4.74 Å². The Morgan fingerprint density at radius 2 is 2.35 bits per heavy atom. The van der Waals surface area contributed by atoms with Crippen molar-refractivity contribution in [3.8, 4) is 5.75 Å². The third-order valence-corrected chi connectivity index (χ3v) is 4.31. The fourth-order valence-corrected chi connectivity index (χ4v) is 2.83. The number of carbonyl (C=O) groups is 1. The van der Waals surface area contributed by atoms with E-state index in [9.17, 15) is 4.79 Å². The van der Waals surface area contributed by atoms with Gasteiger partial charge in [-0.05, 0) is 37.5 Å². The fraction of sp³-hybridized carbons (Fsp3) is 0.529. The molecular formula is C17H22N2O4. The van der Waals surface area contributed by atoms with Gasteiger partial charge in [0, 0.05) is 25.6 Å². The molecule has 0 N–H and O–H groups in total. The molecule has 1 aliphatic heterocycles. The van der Waals surface area contributed by atoms with Crippen LogP contribution in [0.25, 0.3) is 11.0 Å². The van der Waals surface area contributed by atoms with Gasteiger partial charge in [-0.15, -0.1) is 0 Å². The summed E-state index contributed by atoms with van der Waals surface area (Å²) < 4.78 is 16.1. The number of likely N-dealkylation sites (N-methyl/N-ethyl adjacent to an activating group) is 1. The third-order valence-electron chi connectivity index (χ3n) is 4.31. The van der Waals surface area contributed by atoms with E-state index in [0.29, 0.717) is 23.9 Å². The molecule has 6 heteroatoms. The van der Waals surface area contributed by atoms with Crippen LogP contribution in [0, 0.1) is 0 Å². The Kier molecular flexibility index (Phi) is 4.81. The highest BCUT2D eigenvalue weighted by Crippen LogP contribution is 2.24. The molecule has 1 aromatic carbocycles. The second kappa shape index (κ2) is 7.00. The summed E-state index contributed by atoms with van der Waals surface area (Å²) >= 11 is 0. The number of ether oxygens (including phenoxy) is 2. The number of rotatable bonds is 6. The minimum Gasteiger partial charge on any atom is -0.497 e. The Bertz CT molecular complexity index is 676. The summed E-state index contributed by atoms with van der Waals surface area (Å²) in [6, 6.07) is 5.46. The first-order valence-electron chi connectivity index (χ1n) is 7.95. The van der Waals surface area contributed by atoms with E-state index in [1.165, 1.54) is 0 Å². The number of nitrogens with zero attached hydrogens (tertiary/aromatic N) is 2. The maximum Gasteiger partial charge on any atom is 0.228 e. The van der Waals surface area contributed by atoms with Gasteiger partial charge in [0.25, 0.3) is 0 Å². The summed E-state index contributed by atoms with van der Waals surface area (Å²) in [6.07, 6.45) is 3.62. The van der Waals surface area contributed by atoms with Gasteiger partial charge in [-0.1, -0.05) is 5.16 Å². The topological polar surface area (TPSA) is 64.8 Å². The number of hydrogen-bond donors (Lipinski definition) is 0. The number of aromatic nitrogens is 1. The van der Waals surface area contributed by atoms with Gasteiger partial charge in [0.05, 0.1) is 19.6 Å². The monoisotopic (exact) mass is 318 g/mol. The first kappa shape index (κ1) is 15.8. The van der Waals surface area contributed by atoms with Gasteiger partial charge in [0.1, 0.15) is 11.4 Å². The first-order chi connectivity index (χ1) is 11.2. The predicted molar refractivity (Wildman–Crippen MR) is 85.5 cm³/mol. The van der Waals surface area contributed by atoms with Crippen LogP contribution >= 0.6 is 0 Å². The highest BCUT2D eigenvalue weighted by Gasteiger charge is 2.19. The summed E-state index contributed by atoms with van der Waals surface area (Å²) in [7, 11) is 3.43. The van der Waals surface area contributed by atoms with E-state index in [4.69, 9.17) is 14.0 Å². The fourth-order valence-electron chi connectivity index (χ4n) is 2.83. The number of hydrogen-bond acceptors (Lipinski definition) is 5. The SMILES string of the molecule is COc1ccc2onc(CC(=O)N(C)CCC3CCCO3)c2c1. The van der Waals surface area contributed by atoms with Crippen molar-refractivity contribution in [2.24, 2.45) is 0 Å². The van der Waals surface area contributed by atoms with Crippen molar-refractivity contribution in [1.29, 1.82) is 0 Å². The van der Waals surface area contributed by atoms with Crippen molar-refractivity contribution in [3.05, 3.63) is 23.9 Å². The second-order valence-electron chi connectivity index (χ2n) is 5.91. The Labute approximate surface area is 135 Å². The minimum atomic E-state index is 0.0287. The number of amides is 1. The van der Waals surface area contributed by atoms with Crippen molar-refractivity contribution in [3.63, 3.8) is 0 Å². The van der Waals surface area contributed by atoms with E-state index in [2.05, 4.69) is 5.16 Å². The Balaban J connectivity index is 1.62. The zero-order valence-electron chi connectivity index (χ0n) is 13.6. The van der Waals surface area contributed by atoms with Crippen molar-refractivity contribution < 1.29 is 18.8 Å². The van der Waals surface area contributed by atoms with E-state index in [0.717, 1.165) is 37.0 Å². The van der Waals surface area contributed by atoms with Crippen molar-refractivity contribution in [2.45, 2.75) is 31.8 Å². The van der Waals surface area contributed by atoms with Gasteiger partial charge >= 0.3 is 0 Å². The molecule has 1 saturated heterocycles. The van der Waals surface area contributed by atoms with Gasteiger partial charge in [0.2, 0.25) is 5.91 Å². The van der Waals surface area contributed by atoms with Crippen molar-refractivity contribution in [1.82, 2.24) is 10.1 Å². The van der Waals surface area contributed by atoms with E-state index < -0.39 is 0 Å². The number of carbonyl (C=O) groups excluding carboxylic acids is 1. The Morgan fingerprint density at radius 3 is 3.09 bits per heavy atom. The average molecular weight is 318 g/mol. The molecule has 0 spiro atoms. The zero-order chi connectivity index (χ0) is 16.2. The van der Waals surface area contributed by atoms with Crippen LogP contribution in [-0.2, 0) is 16.0 Å². The van der Waals surface area contributed by atoms with E-state index in [1.807, 2.05) is 19.2 Å². The lowest BCUT2D eigenvalue weighted by atomic mass is 10.1. The molecule has 1 aliphatic rings. The van der Waals surface area contributed by atoms with Crippen LogP contribution in [0.2, 0.25) is 0 Å². The zero-order valence-corrected chi connectivity index (χ0v) is 13.6. The van der Waals surface area contributed by atoms with Gasteiger partial charge < -0.3 is 18.9 Å². The standard InChI is InChI=1S/C17H22N2O4/c1-19(8-7-12-4-3-9-22-12)17(20)11-15-14-10-13(21-2)5-6-16(14)23-18-15/h5-6,10,12H,3-4,7-9,11H2,1-2H3. The van der Waals surface area contributed by atoms with Crippen LogP contribution in [0.3, 0.4) is 0 Å². The summed E-state index contributed by atoms with van der Waals surface area (Å²) in [5.74, 6) is 0.752. The highest BCUT2D eigenvalue weighted by molar-refractivity contribution is 5.87. The number of benzene rings is 1. The molecule has 23 heavy (non-hydrogen) atoms. The molecule has 1 aromatic heterocycles. The van der Waals surface area contributed by atoms with Crippen LogP contribution in [-0.4, -0.2) is 49.4 Å². The summed E-state index contributed by atoms with van der Waals surface area (Å²) in [5.41, 5.74) is 1.31. The summed E-state index contributed by atoms with van der Waals surface area (Å²) in [4.78, 5) is 14.1. The van der Waals surface area contributed by atoms with Crippen LogP contribution in [0.5, 0.6) is 5.75 Å². The molecule has 0 aliphatic carbocycles. The first-order valence-corrected chi connectivity index (χ1v) is 7.95. The van der Waals surface area contributed by atoms with Gasteiger partial charge in [-0.2, -0.15) is 0 Å². The third kappa shape index (κ3) is 3.64. The van der Waals surface area contributed by atoms with Crippen molar-refractivity contribution >= 4 is 16.9 Å². The van der Waals surface area contributed by atoms with Crippen LogP contribution in [0.4, 0.5) is 0 Å². The maximum atomic E-state index is 12.4. The van der Waals surface area contributed by atoms with Crippen LogP contribution in [0.1, 0.15) is 25.0 Å². The van der Waals surface area contributed by atoms with E-state index in [1.54, 1.807) is 18.1 Å². The Morgan fingerprint density at radius 1 is 1.48 bits per heavy atom. The quantitative estimate of drug-likeness (QED) is 0.818. The number of methoxy groups -OCH3 is 1. The molecule has 6 nitrogen and oxygen atoms in total. The molecule has 1 atom stereocenters. The Hall–Kier alpha value is -2.08. The molecule has 2 aromatic rings. The molecule has 2 heterocycles. The lowest BCUT2D eigenvalue weighted by Gasteiger charge is -2.18.